The van der Waals surface area contributed by atoms with E-state index in [-0.39, 0.29) is 11.3 Å². The zero-order chi connectivity index (χ0) is 21.1. The molecule has 2 heterocycles. The van der Waals surface area contributed by atoms with Crippen molar-refractivity contribution in [3.8, 4) is 23.0 Å². The molecule has 0 atom stereocenters. The van der Waals surface area contributed by atoms with Crippen molar-refractivity contribution >= 4 is 22.7 Å². The highest BCUT2D eigenvalue weighted by Crippen LogP contribution is 2.22. The summed E-state index contributed by atoms with van der Waals surface area (Å²) in [6.45, 7) is 1.82. The summed E-state index contributed by atoms with van der Waals surface area (Å²) in [5, 5.41) is 16.1. The Bertz CT molecular complexity index is 1310. The second kappa shape index (κ2) is 8.19. The van der Waals surface area contributed by atoms with E-state index >= 15 is 0 Å². The fourth-order valence-corrected chi connectivity index (χ4v) is 3.82. The second-order valence-corrected chi connectivity index (χ2v) is 7.38. The van der Waals surface area contributed by atoms with Crippen molar-refractivity contribution in [1.82, 2.24) is 14.3 Å². The average molecular weight is 414 g/mol. The Kier molecular flexibility index (Phi) is 5.28. The predicted molar refractivity (Wildman–Crippen MR) is 119 cm³/mol. The number of hydrogen-bond donors (Lipinski definition) is 1. The topological polar surface area (TPSA) is 88.0 Å². The first-order valence-electron chi connectivity index (χ1n) is 9.19. The van der Waals surface area contributed by atoms with Gasteiger partial charge in [-0.15, -0.1) is 11.3 Å². The number of nitriles is 1. The number of anilines is 1. The Morgan fingerprint density at radius 3 is 2.47 bits per heavy atom. The summed E-state index contributed by atoms with van der Waals surface area (Å²) in [7, 11) is 1.80. The van der Waals surface area contributed by atoms with Crippen molar-refractivity contribution in [3.05, 3.63) is 87.1 Å². The zero-order valence-electron chi connectivity index (χ0n) is 16.4. The van der Waals surface area contributed by atoms with Gasteiger partial charge in [0, 0.05) is 18.0 Å². The molecule has 2 aromatic carbocycles. The van der Waals surface area contributed by atoms with Gasteiger partial charge in [0.2, 0.25) is 0 Å². The van der Waals surface area contributed by atoms with Crippen LogP contribution < -0.4 is 11.0 Å². The molecule has 0 aliphatic heterocycles. The lowest BCUT2D eigenvalue weighted by Gasteiger charge is -2.07. The van der Waals surface area contributed by atoms with Crippen LogP contribution in [-0.2, 0) is 7.05 Å². The Labute approximate surface area is 177 Å². The van der Waals surface area contributed by atoms with Crippen LogP contribution in [-0.4, -0.2) is 20.1 Å². The van der Waals surface area contributed by atoms with Gasteiger partial charge in [-0.1, -0.05) is 48.5 Å². The monoisotopic (exact) mass is 414 g/mol. The Morgan fingerprint density at radius 1 is 1.13 bits per heavy atom. The van der Waals surface area contributed by atoms with E-state index in [1.165, 1.54) is 11.3 Å². The van der Waals surface area contributed by atoms with Gasteiger partial charge < -0.3 is 0 Å². The lowest BCUT2D eigenvalue weighted by Crippen LogP contribution is -2.20. The van der Waals surface area contributed by atoms with Crippen molar-refractivity contribution in [3.63, 3.8) is 0 Å². The normalized spacial score (nSPS) is 11.3. The van der Waals surface area contributed by atoms with E-state index in [1.807, 2.05) is 73.0 Å². The van der Waals surface area contributed by atoms with Crippen LogP contribution in [0.25, 0.3) is 16.9 Å². The van der Waals surface area contributed by atoms with E-state index in [0.29, 0.717) is 16.4 Å². The second-order valence-electron chi connectivity index (χ2n) is 6.52. The summed E-state index contributed by atoms with van der Waals surface area (Å²) >= 11 is 1.33. The summed E-state index contributed by atoms with van der Waals surface area (Å²) in [4.78, 5) is 17.5. The van der Waals surface area contributed by atoms with Crippen molar-refractivity contribution in [2.45, 2.75) is 6.92 Å². The number of hydrogen-bond acceptors (Lipinski definition) is 6. The molecule has 4 rings (SSSR count). The predicted octanol–water partition coefficient (Wildman–Crippen LogP) is 3.95. The van der Waals surface area contributed by atoms with Gasteiger partial charge in [0.05, 0.1) is 17.1 Å². The first kappa shape index (κ1) is 19.4. The maximum atomic E-state index is 13.0. The van der Waals surface area contributed by atoms with Crippen molar-refractivity contribution in [2.24, 2.45) is 12.1 Å². The number of benzene rings is 2. The third-order valence-electron chi connectivity index (χ3n) is 4.72. The van der Waals surface area contributed by atoms with Crippen LogP contribution in [0.15, 0.2) is 75.9 Å². The van der Waals surface area contributed by atoms with E-state index in [0.717, 1.165) is 16.9 Å². The molecule has 0 saturated heterocycles. The lowest BCUT2D eigenvalue weighted by molar-refractivity contribution is 0.630. The van der Waals surface area contributed by atoms with Crippen LogP contribution in [0.1, 0.15) is 10.7 Å². The fourth-order valence-electron chi connectivity index (χ4n) is 3.05. The molecule has 4 aromatic rings. The van der Waals surface area contributed by atoms with Gasteiger partial charge in [0.15, 0.2) is 10.7 Å². The van der Waals surface area contributed by atoms with Crippen LogP contribution in [0.3, 0.4) is 0 Å². The Morgan fingerprint density at radius 2 is 1.80 bits per heavy atom. The van der Waals surface area contributed by atoms with Crippen LogP contribution >= 0.6 is 11.3 Å². The molecule has 0 aliphatic rings. The highest BCUT2D eigenvalue weighted by atomic mass is 32.1. The summed E-state index contributed by atoms with van der Waals surface area (Å²) in [5.74, 6) is 0. The van der Waals surface area contributed by atoms with Gasteiger partial charge in [0.1, 0.15) is 11.8 Å². The molecule has 0 unspecified atom stereocenters. The lowest BCUT2D eigenvalue weighted by atomic mass is 10.2. The summed E-state index contributed by atoms with van der Waals surface area (Å²) in [6.07, 6.45) is 0. The third-order valence-corrected chi connectivity index (χ3v) is 5.56. The minimum atomic E-state index is -0.244. The Balaban J connectivity index is 1.66. The largest absolute Gasteiger partial charge is 0.296 e. The van der Waals surface area contributed by atoms with Gasteiger partial charge in [-0.25, -0.2) is 9.67 Å². The van der Waals surface area contributed by atoms with E-state index in [2.05, 4.69) is 21.6 Å². The molecule has 0 amide bonds. The molecule has 1 N–H and O–H groups in total. The minimum Gasteiger partial charge on any atom is -0.283 e. The first-order chi connectivity index (χ1) is 14.6. The van der Waals surface area contributed by atoms with E-state index in [4.69, 9.17) is 0 Å². The average Bonchev–Trinajstić information content (AvgIpc) is 3.35. The van der Waals surface area contributed by atoms with Crippen LogP contribution in [0.5, 0.6) is 0 Å². The minimum absolute atomic E-state index is 0.121. The van der Waals surface area contributed by atoms with E-state index < -0.39 is 0 Å². The van der Waals surface area contributed by atoms with E-state index in [1.54, 1.807) is 16.4 Å². The van der Waals surface area contributed by atoms with Gasteiger partial charge in [-0.2, -0.15) is 10.4 Å². The Hall–Kier alpha value is -3.96. The number of aromatic nitrogens is 3. The zero-order valence-corrected chi connectivity index (χ0v) is 17.2. The number of nitrogens with one attached hydrogen (secondary N) is 1. The molecular formula is C22H18N6OS. The van der Waals surface area contributed by atoms with Gasteiger partial charge >= 0.3 is 0 Å². The van der Waals surface area contributed by atoms with Crippen LogP contribution in [0, 0.1) is 18.3 Å². The smallest absolute Gasteiger partial charge is 0.283 e. The number of hydrazone groups is 1. The summed E-state index contributed by atoms with van der Waals surface area (Å²) in [6, 6.07) is 21.1. The van der Waals surface area contributed by atoms with Gasteiger partial charge in [-0.05, 0) is 19.1 Å². The van der Waals surface area contributed by atoms with Crippen molar-refractivity contribution < 1.29 is 0 Å². The number of rotatable bonds is 5. The molecule has 0 radical (unpaired) electrons. The van der Waals surface area contributed by atoms with Crippen molar-refractivity contribution in [2.75, 3.05) is 5.43 Å². The number of para-hydroxylation sites is 1. The molecule has 0 saturated carbocycles. The number of thiazole rings is 1. The molecule has 0 spiro atoms. The molecule has 0 aliphatic carbocycles. The molecule has 0 fully saturated rings. The fraction of sp³-hybridized carbons (Fsp3) is 0.0909. The summed E-state index contributed by atoms with van der Waals surface area (Å²) in [5.41, 5.74) is 6.18. The molecular weight excluding hydrogens is 396 g/mol. The molecule has 8 heteroatoms. The van der Waals surface area contributed by atoms with Crippen molar-refractivity contribution in [1.29, 1.82) is 5.26 Å². The maximum absolute atomic E-state index is 13.0. The third kappa shape index (κ3) is 3.54. The maximum Gasteiger partial charge on any atom is 0.296 e. The molecule has 148 valence electrons. The molecule has 7 nitrogen and oxygen atoms in total. The van der Waals surface area contributed by atoms with Gasteiger partial charge in [0.25, 0.3) is 5.56 Å². The quantitative estimate of drug-likeness (QED) is 0.396. The highest BCUT2D eigenvalue weighted by molar-refractivity contribution is 7.12. The van der Waals surface area contributed by atoms with Crippen LogP contribution in [0.2, 0.25) is 0 Å². The SMILES string of the molecule is Cc1c(NN=C(C#N)c2nc(-c3ccccc3)cs2)c(=O)n(-c2ccccc2)n1C. The van der Waals surface area contributed by atoms with Gasteiger partial charge in [-0.3, -0.25) is 14.9 Å². The standard InChI is InChI=1S/C22H18N6OS/c1-15-20(22(29)28(27(15)2)17-11-7-4-8-12-17)26-25-18(13-23)21-24-19(14-30-21)16-9-5-3-6-10-16/h3-12,14,26H,1-2H3. The molecule has 2 aromatic heterocycles. The first-order valence-corrected chi connectivity index (χ1v) is 10.1. The van der Waals surface area contributed by atoms with E-state index in [9.17, 15) is 10.1 Å². The van der Waals surface area contributed by atoms with Crippen LogP contribution in [0.4, 0.5) is 5.69 Å². The molecule has 30 heavy (non-hydrogen) atoms. The highest BCUT2D eigenvalue weighted by Gasteiger charge is 2.17. The molecule has 0 bridgehead atoms. The number of nitrogens with zero attached hydrogens (tertiary/aromatic N) is 5. The summed E-state index contributed by atoms with van der Waals surface area (Å²) < 4.78 is 3.30.